The first-order chi connectivity index (χ1) is 8.79. The number of nitrogens with one attached hydrogen (secondary N) is 1. The molecular weight excluding hydrogens is 228 g/mol. The molecule has 1 aromatic rings. The second-order valence-corrected chi connectivity index (χ2v) is 4.84. The molecule has 0 radical (unpaired) electrons. The fraction of sp³-hybridized carbons (Fsp3) is 0.643. The predicted molar refractivity (Wildman–Crippen MR) is 71.9 cm³/mol. The molecule has 1 fully saturated rings. The molecule has 0 atom stereocenters. The van der Waals surface area contributed by atoms with E-state index in [1.807, 2.05) is 19.1 Å². The van der Waals surface area contributed by atoms with Crippen LogP contribution in [0.15, 0.2) is 18.3 Å². The quantitative estimate of drug-likeness (QED) is 0.842. The lowest BCUT2D eigenvalue weighted by atomic mass is 9.87. The van der Waals surface area contributed by atoms with E-state index in [2.05, 4.69) is 10.3 Å². The van der Waals surface area contributed by atoms with Gasteiger partial charge in [0, 0.05) is 12.7 Å². The van der Waals surface area contributed by atoms with Gasteiger partial charge in [-0.1, -0.05) is 0 Å². The molecule has 4 nitrogen and oxygen atoms in total. The van der Waals surface area contributed by atoms with Crippen LogP contribution in [0.2, 0.25) is 0 Å². The molecule has 1 aromatic heterocycles. The third-order valence-electron chi connectivity index (χ3n) is 3.44. The highest BCUT2D eigenvalue weighted by molar-refractivity contribution is 5.49. The lowest BCUT2D eigenvalue weighted by Gasteiger charge is -2.25. The highest BCUT2D eigenvalue weighted by Gasteiger charge is 2.19. The van der Waals surface area contributed by atoms with Crippen molar-refractivity contribution in [3.8, 4) is 5.75 Å². The topological polar surface area (TPSA) is 54.4 Å². The van der Waals surface area contributed by atoms with Crippen molar-refractivity contribution >= 4 is 5.82 Å². The van der Waals surface area contributed by atoms with E-state index >= 15 is 0 Å². The third kappa shape index (κ3) is 3.60. The SMILES string of the molecule is CCOc1cccnc1NCC1CCC(O)CC1. The highest BCUT2D eigenvalue weighted by Crippen LogP contribution is 2.26. The fourth-order valence-corrected chi connectivity index (χ4v) is 2.39. The minimum atomic E-state index is -0.0879. The van der Waals surface area contributed by atoms with Crippen LogP contribution in [-0.4, -0.2) is 29.3 Å². The molecule has 4 heteroatoms. The molecule has 1 heterocycles. The Kier molecular flexibility index (Phi) is 4.81. The van der Waals surface area contributed by atoms with Crippen molar-refractivity contribution in [1.29, 1.82) is 0 Å². The van der Waals surface area contributed by atoms with Crippen LogP contribution in [-0.2, 0) is 0 Å². The zero-order chi connectivity index (χ0) is 12.8. The summed E-state index contributed by atoms with van der Waals surface area (Å²) in [7, 11) is 0. The van der Waals surface area contributed by atoms with Gasteiger partial charge in [0.2, 0.25) is 0 Å². The Morgan fingerprint density at radius 1 is 1.39 bits per heavy atom. The number of pyridine rings is 1. The van der Waals surface area contributed by atoms with Gasteiger partial charge in [-0.3, -0.25) is 0 Å². The van der Waals surface area contributed by atoms with Gasteiger partial charge in [0.05, 0.1) is 12.7 Å². The lowest BCUT2D eigenvalue weighted by molar-refractivity contribution is 0.111. The molecule has 1 saturated carbocycles. The van der Waals surface area contributed by atoms with Crippen LogP contribution >= 0.6 is 0 Å². The average Bonchev–Trinajstić information content (AvgIpc) is 2.40. The maximum atomic E-state index is 9.47. The molecule has 0 amide bonds. The second-order valence-electron chi connectivity index (χ2n) is 4.84. The Morgan fingerprint density at radius 2 is 2.17 bits per heavy atom. The van der Waals surface area contributed by atoms with E-state index in [1.165, 1.54) is 0 Å². The van der Waals surface area contributed by atoms with Gasteiger partial charge in [-0.15, -0.1) is 0 Å². The van der Waals surface area contributed by atoms with Crippen LogP contribution in [0.5, 0.6) is 5.75 Å². The van der Waals surface area contributed by atoms with E-state index in [-0.39, 0.29) is 6.10 Å². The number of aliphatic hydroxyl groups is 1. The number of aromatic nitrogens is 1. The summed E-state index contributed by atoms with van der Waals surface area (Å²) in [6.45, 7) is 3.53. The smallest absolute Gasteiger partial charge is 0.168 e. The average molecular weight is 250 g/mol. The van der Waals surface area contributed by atoms with Crippen molar-refractivity contribution in [2.45, 2.75) is 38.7 Å². The lowest BCUT2D eigenvalue weighted by Crippen LogP contribution is -2.23. The molecule has 1 aliphatic rings. The second kappa shape index (κ2) is 6.59. The summed E-state index contributed by atoms with van der Waals surface area (Å²) in [5, 5.41) is 12.8. The first-order valence-corrected chi connectivity index (χ1v) is 6.79. The number of ether oxygens (including phenoxy) is 1. The van der Waals surface area contributed by atoms with Gasteiger partial charge >= 0.3 is 0 Å². The monoisotopic (exact) mass is 250 g/mol. The zero-order valence-corrected chi connectivity index (χ0v) is 10.9. The van der Waals surface area contributed by atoms with Crippen molar-refractivity contribution in [1.82, 2.24) is 4.98 Å². The van der Waals surface area contributed by atoms with Crippen LogP contribution in [0.1, 0.15) is 32.6 Å². The zero-order valence-electron chi connectivity index (χ0n) is 10.9. The van der Waals surface area contributed by atoms with Gasteiger partial charge in [0.1, 0.15) is 0 Å². The molecule has 100 valence electrons. The highest BCUT2D eigenvalue weighted by atomic mass is 16.5. The van der Waals surface area contributed by atoms with E-state index in [0.29, 0.717) is 12.5 Å². The van der Waals surface area contributed by atoms with Crippen LogP contribution in [0.3, 0.4) is 0 Å². The largest absolute Gasteiger partial charge is 0.490 e. The molecule has 1 aliphatic carbocycles. The van der Waals surface area contributed by atoms with Gasteiger partial charge < -0.3 is 15.2 Å². The van der Waals surface area contributed by atoms with Gasteiger partial charge in [-0.25, -0.2) is 4.98 Å². The first-order valence-electron chi connectivity index (χ1n) is 6.79. The Hall–Kier alpha value is -1.29. The van der Waals surface area contributed by atoms with E-state index < -0.39 is 0 Å². The fourth-order valence-electron chi connectivity index (χ4n) is 2.39. The molecule has 0 spiro atoms. The van der Waals surface area contributed by atoms with Crippen molar-refractivity contribution < 1.29 is 9.84 Å². The predicted octanol–water partition coefficient (Wildman–Crippen LogP) is 2.44. The van der Waals surface area contributed by atoms with Crippen LogP contribution < -0.4 is 10.1 Å². The first kappa shape index (κ1) is 13.1. The number of anilines is 1. The molecule has 0 aliphatic heterocycles. The summed E-state index contributed by atoms with van der Waals surface area (Å²) in [6, 6.07) is 3.82. The number of hydrogen-bond donors (Lipinski definition) is 2. The molecule has 0 saturated heterocycles. The van der Waals surface area contributed by atoms with Crippen LogP contribution in [0.25, 0.3) is 0 Å². The van der Waals surface area contributed by atoms with Crippen LogP contribution in [0.4, 0.5) is 5.82 Å². The summed E-state index contributed by atoms with van der Waals surface area (Å²) in [6.07, 6.45) is 5.71. The van der Waals surface area contributed by atoms with E-state index in [1.54, 1.807) is 6.20 Å². The van der Waals surface area contributed by atoms with E-state index in [9.17, 15) is 5.11 Å². The molecule has 0 bridgehead atoms. The maximum Gasteiger partial charge on any atom is 0.168 e. The number of rotatable bonds is 5. The summed E-state index contributed by atoms with van der Waals surface area (Å²) >= 11 is 0. The molecule has 0 unspecified atom stereocenters. The van der Waals surface area contributed by atoms with Gasteiger partial charge in [-0.2, -0.15) is 0 Å². The van der Waals surface area contributed by atoms with Crippen molar-refractivity contribution in [2.24, 2.45) is 5.92 Å². The van der Waals surface area contributed by atoms with Gasteiger partial charge in [0.25, 0.3) is 0 Å². The van der Waals surface area contributed by atoms with Crippen molar-refractivity contribution in [3.05, 3.63) is 18.3 Å². The third-order valence-corrected chi connectivity index (χ3v) is 3.44. The van der Waals surface area contributed by atoms with E-state index in [0.717, 1.165) is 43.8 Å². The number of aliphatic hydroxyl groups excluding tert-OH is 1. The van der Waals surface area contributed by atoms with Crippen molar-refractivity contribution in [3.63, 3.8) is 0 Å². The van der Waals surface area contributed by atoms with Gasteiger partial charge in [0.15, 0.2) is 11.6 Å². The summed E-state index contributed by atoms with van der Waals surface area (Å²) in [5.41, 5.74) is 0. The normalized spacial score (nSPS) is 23.7. The number of hydrogen-bond acceptors (Lipinski definition) is 4. The molecule has 18 heavy (non-hydrogen) atoms. The summed E-state index contributed by atoms with van der Waals surface area (Å²) in [4.78, 5) is 4.31. The van der Waals surface area contributed by atoms with E-state index in [4.69, 9.17) is 4.74 Å². The molecule has 2 rings (SSSR count). The molecule has 0 aromatic carbocycles. The minimum absolute atomic E-state index is 0.0879. The summed E-state index contributed by atoms with van der Waals surface area (Å²) in [5.74, 6) is 2.27. The number of nitrogens with zero attached hydrogens (tertiary/aromatic N) is 1. The Bertz CT molecular complexity index is 363. The maximum absolute atomic E-state index is 9.47. The standard InChI is InChI=1S/C14H22N2O2/c1-2-18-13-4-3-9-15-14(13)16-10-11-5-7-12(17)8-6-11/h3-4,9,11-12,17H,2,5-8,10H2,1H3,(H,15,16). The Morgan fingerprint density at radius 3 is 2.89 bits per heavy atom. The van der Waals surface area contributed by atoms with Gasteiger partial charge in [-0.05, 0) is 50.7 Å². The van der Waals surface area contributed by atoms with Crippen molar-refractivity contribution in [2.75, 3.05) is 18.5 Å². The van der Waals surface area contributed by atoms with Crippen LogP contribution in [0, 0.1) is 5.92 Å². The summed E-state index contributed by atoms with van der Waals surface area (Å²) < 4.78 is 5.53. The molecular formula is C14H22N2O2. The Labute approximate surface area is 108 Å². The Balaban J connectivity index is 1.86. The minimum Gasteiger partial charge on any atom is -0.490 e. The molecule has 2 N–H and O–H groups in total.